The van der Waals surface area contributed by atoms with E-state index < -0.39 is 40.7 Å². The average Bonchev–Trinajstić information content (AvgIpc) is 2.80. The summed E-state index contributed by atoms with van der Waals surface area (Å²) in [5, 5.41) is 1.79. The van der Waals surface area contributed by atoms with Crippen molar-refractivity contribution in [2.75, 3.05) is 46.2 Å². The maximum atomic E-state index is 12.7. The number of carbonyl (C=O) groups is 4. The minimum Gasteiger partial charge on any atom is -0.464 e. The molecule has 0 spiro atoms. The minimum atomic E-state index is -1.09. The Hall–Kier alpha value is -2.63. The standard InChI is InChI=1S/C23H32N2O8S/c1-17(26)24-19(21(28)31-13-7-10-25-11-14-30-15-12-25)23(2,3)34-22(29)33-16-32-20(27)18-8-5-4-6-9-18/h4-6,8-9,19H,7,10-16H2,1-3H3,(H,24,26)/t19-/m0/s1. The number of ether oxygens (including phenoxy) is 4. The highest BCUT2D eigenvalue weighted by Crippen LogP contribution is 2.31. The first-order valence-electron chi connectivity index (χ1n) is 11.0. The summed E-state index contributed by atoms with van der Waals surface area (Å²) < 4.78 is 19.5. The number of benzene rings is 1. The van der Waals surface area contributed by atoms with Crippen LogP contribution in [0.2, 0.25) is 0 Å². The van der Waals surface area contributed by atoms with Gasteiger partial charge in [0.2, 0.25) is 12.7 Å². The first kappa shape index (κ1) is 27.6. The lowest BCUT2D eigenvalue weighted by atomic mass is 10.0. The summed E-state index contributed by atoms with van der Waals surface area (Å²) in [6.07, 6.45) is 0.640. The number of hydrogen-bond acceptors (Lipinski definition) is 10. The van der Waals surface area contributed by atoms with Crippen LogP contribution >= 0.6 is 11.8 Å². The quantitative estimate of drug-likeness (QED) is 0.277. The molecule has 0 saturated carbocycles. The Bertz CT molecular complexity index is 828. The second kappa shape index (κ2) is 13.9. The van der Waals surface area contributed by atoms with Crippen LogP contribution in [-0.4, -0.2) is 85.1 Å². The molecule has 34 heavy (non-hydrogen) atoms. The Balaban J connectivity index is 1.81. The number of rotatable bonds is 11. The summed E-state index contributed by atoms with van der Waals surface area (Å²) in [6, 6.07) is 7.20. The molecule has 11 heteroatoms. The van der Waals surface area contributed by atoms with Crippen molar-refractivity contribution in [1.29, 1.82) is 0 Å². The molecule has 1 N–H and O–H groups in total. The van der Waals surface area contributed by atoms with Crippen molar-refractivity contribution in [3.63, 3.8) is 0 Å². The average molecular weight is 497 g/mol. The van der Waals surface area contributed by atoms with Gasteiger partial charge in [-0.2, -0.15) is 0 Å². The summed E-state index contributed by atoms with van der Waals surface area (Å²) in [4.78, 5) is 50.8. The van der Waals surface area contributed by atoms with Gasteiger partial charge in [0.15, 0.2) is 0 Å². The topological polar surface area (TPSA) is 120 Å². The SMILES string of the molecule is CC(=O)N[C@@H](C(=O)OCCCN1CCOCC1)C(C)(C)SC(=O)OCOC(=O)c1ccccc1. The molecule has 188 valence electrons. The molecular formula is C23H32N2O8S. The smallest absolute Gasteiger partial charge is 0.370 e. The molecule has 1 heterocycles. The van der Waals surface area contributed by atoms with Crippen molar-refractivity contribution in [2.24, 2.45) is 0 Å². The van der Waals surface area contributed by atoms with Gasteiger partial charge in [0.25, 0.3) is 0 Å². The van der Waals surface area contributed by atoms with E-state index in [1.807, 2.05) is 0 Å². The third-order valence-electron chi connectivity index (χ3n) is 4.97. The molecule has 0 bridgehead atoms. The highest BCUT2D eigenvalue weighted by atomic mass is 32.2. The summed E-state index contributed by atoms with van der Waals surface area (Å²) >= 11 is 0.700. The Morgan fingerprint density at radius 3 is 2.41 bits per heavy atom. The zero-order chi connectivity index (χ0) is 25.0. The zero-order valence-corrected chi connectivity index (χ0v) is 20.6. The van der Waals surface area contributed by atoms with Crippen molar-refractivity contribution in [3.05, 3.63) is 35.9 Å². The molecule has 1 amide bonds. The monoisotopic (exact) mass is 496 g/mol. The van der Waals surface area contributed by atoms with Gasteiger partial charge in [0.1, 0.15) is 6.04 Å². The number of esters is 2. The van der Waals surface area contributed by atoms with Gasteiger partial charge in [-0.1, -0.05) is 18.2 Å². The predicted octanol–water partition coefficient (Wildman–Crippen LogP) is 2.22. The fraction of sp³-hybridized carbons (Fsp3) is 0.565. The van der Waals surface area contributed by atoms with E-state index in [0.29, 0.717) is 37.0 Å². The molecule has 2 rings (SSSR count). The number of carbonyl (C=O) groups excluding carboxylic acids is 4. The van der Waals surface area contributed by atoms with E-state index in [9.17, 15) is 19.2 Å². The number of nitrogens with zero attached hydrogens (tertiary/aromatic N) is 1. The van der Waals surface area contributed by atoms with E-state index in [0.717, 1.165) is 19.6 Å². The van der Waals surface area contributed by atoms with Crippen LogP contribution in [0.4, 0.5) is 4.79 Å². The molecule has 10 nitrogen and oxygen atoms in total. The van der Waals surface area contributed by atoms with Gasteiger partial charge < -0.3 is 24.3 Å². The van der Waals surface area contributed by atoms with Crippen LogP contribution in [0.25, 0.3) is 0 Å². The van der Waals surface area contributed by atoms with Crippen molar-refractivity contribution < 1.29 is 38.1 Å². The van der Waals surface area contributed by atoms with Crippen LogP contribution in [0.15, 0.2) is 30.3 Å². The van der Waals surface area contributed by atoms with Gasteiger partial charge in [-0.25, -0.2) is 14.4 Å². The van der Waals surface area contributed by atoms with Crippen LogP contribution in [0, 0.1) is 0 Å². The summed E-state index contributed by atoms with van der Waals surface area (Å²) in [6.45, 7) is 7.96. The van der Waals surface area contributed by atoms with Crippen LogP contribution in [0.1, 0.15) is 37.6 Å². The predicted molar refractivity (Wildman–Crippen MR) is 125 cm³/mol. The minimum absolute atomic E-state index is 0.187. The van der Waals surface area contributed by atoms with Gasteiger partial charge in [0, 0.05) is 26.6 Å². The summed E-state index contributed by atoms with van der Waals surface area (Å²) in [7, 11) is 0. The van der Waals surface area contributed by atoms with Crippen LogP contribution in [0.5, 0.6) is 0 Å². The second-order valence-corrected chi connectivity index (χ2v) is 9.71. The van der Waals surface area contributed by atoms with E-state index in [1.165, 1.54) is 6.92 Å². The van der Waals surface area contributed by atoms with Crippen molar-refractivity contribution in [1.82, 2.24) is 10.2 Å². The van der Waals surface area contributed by atoms with Crippen LogP contribution in [-0.2, 0) is 28.5 Å². The molecule has 0 radical (unpaired) electrons. The zero-order valence-electron chi connectivity index (χ0n) is 19.7. The third kappa shape index (κ3) is 9.70. The van der Waals surface area contributed by atoms with Gasteiger partial charge in [0.05, 0.1) is 30.1 Å². The highest BCUT2D eigenvalue weighted by Gasteiger charge is 2.40. The van der Waals surface area contributed by atoms with E-state index in [-0.39, 0.29) is 6.61 Å². The molecule has 0 aliphatic carbocycles. The van der Waals surface area contributed by atoms with Crippen molar-refractivity contribution in [2.45, 2.75) is 38.0 Å². The Morgan fingerprint density at radius 1 is 1.09 bits per heavy atom. The number of hydrogen-bond donors (Lipinski definition) is 1. The first-order valence-corrected chi connectivity index (χ1v) is 11.8. The van der Waals surface area contributed by atoms with E-state index in [4.69, 9.17) is 18.9 Å². The van der Waals surface area contributed by atoms with Crippen LogP contribution < -0.4 is 5.32 Å². The van der Waals surface area contributed by atoms with Crippen molar-refractivity contribution in [3.8, 4) is 0 Å². The molecule has 1 aromatic carbocycles. The Labute approximate surface area is 203 Å². The molecule has 1 fully saturated rings. The number of amides is 1. The fourth-order valence-corrected chi connectivity index (χ4v) is 3.99. The highest BCUT2D eigenvalue weighted by molar-refractivity contribution is 8.14. The number of thioether (sulfide) groups is 1. The van der Waals surface area contributed by atoms with Crippen LogP contribution in [0.3, 0.4) is 0 Å². The van der Waals surface area contributed by atoms with Crippen molar-refractivity contribution >= 4 is 34.9 Å². The lowest BCUT2D eigenvalue weighted by molar-refractivity contribution is -0.148. The third-order valence-corrected chi connectivity index (χ3v) is 6.01. The maximum Gasteiger partial charge on any atom is 0.370 e. The van der Waals surface area contributed by atoms with E-state index in [2.05, 4.69) is 10.2 Å². The molecule has 0 aromatic heterocycles. The lowest BCUT2D eigenvalue weighted by Crippen LogP contribution is -2.53. The second-order valence-electron chi connectivity index (χ2n) is 8.12. The maximum absolute atomic E-state index is 12.7. The first-order chi connectivity index (χ1) is 16.2. The van der Waals surface area contributed by atoms with E-state index >= 15 is 0 Å². The van der Waals surface area contributed by atoms with Gasteiger partial charge in [-0.05, 0) is 44.2 Å². The van der Waals surface area contributed by atoms with Gasteiger partial charge in [-0.15, -0.1) is 0 Å². The molecule has 1 aliphatic rings. The molecule has 1 aromatic rings. The summed E-state index contributed by atoms with van der Waals surface area (Å²) in [5.41, 5.74) is 0.327. The Morgan fingerprint density at radius 2 is 1.76 bits per heavy atom. The van der Waals surface area contributed by atoms with Gasteiger partial charge >= 0.3 is 17.2 Å². The normalized spacial score (nSPS) is 15.1. The molecule has 1 atom stereocenters. The number of morpholine rings is 1. The Kier molecular flexibility index (Phi) is 11.3. The largest absolute Gasteiger partial charge is 0.464 e. The molecule has 1 aliphatic heterocycles. The molecule has 0 unspecified atom stereocenters. The molecule has 1 saturated heterocycles. The lowest BCUT2D eigenvalue weighted by Gasteiger charge is -2.31. The molecular weight excluding hydrogens is 464 g/mol. The number of nitrogens with one attached hydrogen (secondary N) is 1. The van der Waals surface area contributed by atoms with Gasteiger partial charge in [-0.3, -0.25) is 9.69 Å². The fourth-order valence-electron chi connectivity index (χ4n) is 3.18. The summed E-state index contributed by atoms with van der Waals surface area (Å²) in [5.74, 6) is -1.71. The van der Waals surface area contributed by atoms with E-state index in [1.54, 1.807) is 44.2 Å².